The van der Waals surface area contributed by atoms with E-state index in [1.54, 1.807) is 4.90 Å². The van der Waals surface area contributed by atoms with Crippen LogP contribution >= 0.6 is 0 Å². The van der Waals surface area contributed by atoms with Crippen LogP contribution in [-0.2, 0) is 6.54 Å². The lowest BCUT2D eigenvalue weighted by Gasteiger charge is -2.38. The zero-order valence-electron chi connectivity index (χ0n) is 10.9. The third kappa shape index (κ3) is 2.67. The largest absolute Gasteiger partial charge is 0.417 e. The molecule has 8 heteroatoms. The molecule has 0 amide bonds. The number of hydrogen-bond acceptors (Lipinski definition) is 5. The summed E-state index contributed by atoms with van der Waals surface area (Å²) in [5.41, 5.74) is -2.56. The Balaban J connectivity index is 1.55. The smallest absolute Gasteiger partial charge is 0.380 e. The van der Waals surface area contributed by atoms with Gasteiger partial charge in [0.25, 0.3) is 0 Å². The summed E-state index contributed by atoms with van der Waals surface area (Å²) < 4.78 is 43.1. The minimum absolute atomic E-state index is 0.164. The molecule has 1 aliphatic carbocycles. The maximum atomic E-state index is 12.7. The van der Waals surface area contributed by atoms with E-state index in [1.165, 1.54) is 0 Å². The predicted octanol–water partition coefficient (Wildman–Crippen LogP) is 1.84. The number of piperidine rings is 1. The molecule has 112 valence electrons. The van der Waals surface area contributed by atoms with Crippen LogP contribution < -0.4 is 0 Å². The summed E-state index contributed by atoms with van der Waals surface area (Å²) in [5, 5.41) is 13.4. The van der Waals surface area contributed by atoms with Crippen molar-refractivity contribution < 1.29 is 22.8 Å². The molecule has 1 N–H and O–H groups in total. The van der Waals surface area contributed by atoms with Crippen LogP contribution in [0, 0.1) is 0 Å². The van der Waals surface area contributed by atoms with Gasteiger partial charge in [0.05, 0.1) is 6.54 Å². The SMILES string of the molecule is OC1(C(F)(F)F)CCN(Cc2nc(C3CC3)no2)CC1. The lowest BCUT2D eigenvalue weighted by molar-refractivity contribution is -0.273. The Hall–Kier alpha value is -1.15. The van der Waals surface area contributed by atoms with Crippen molar-refractivity contribution in [3.05, 3.63) is 11.7 Å². The van der Waals surface area contributed by atoms with Crippen LogP contribution in [-0.4, -0.2) is 45.0 Å². The fourth-order valence-electron chi connectivity index (χ4n) is 2.40. The summed E-state index contributed by atoms with van der Waals surface area (Å²) in [4.78, 5) is 6.04. The Kier molecular flexibility index (Phi) is 3.24. The molecule has 5 nitrogen and oxygen atoms in total. The van der Waals surface area contributed by atoms with Crippen LogP contribution in [0.15, 0.2) is 4.52 Å². The van der Waals surface area contributed by atoms with Gasteiger partial charge in [-0.25, -0.2) is 0 Å². The van der Waals surface area contributed by atoms with Gasteiger partial charge in [-0.2, -0.15) is 18.2 Å². The van der Waals surface area contributed by atoms with Gasteiger partial charge >= 0.3 is 6.18 Å². The molecule has 0 bridgehead atoms. The maximum Gasteiger partial charge on any atom is 0.417 e. The van der Waals surface area contributed by atoms with Gasteiger partial charge in [-0.15, -0.1) is 0 Å². The Morgan fingerprint density at radius 1 is 1.30 bits per heavy atom. The van der Waals surface area contributed by atoms with Gasteiger partial charge < -0.3 is 9.63 Å². The monoisotopic (exact) mass is 291 g/mol. The summed E-state index contributed by atoms with van der Waals surface area (Å²) in [5.74, 6) is 1.53. The van der Waals surface area contributed by atoms with E-state index in [-0.39, 0.29) is 25.9 Å². The standard InChI is InChI=1S/C12H16F3N3O2/c13-12(14,15)11(19)3-5-18(6-4-11)7-9-16-10(17-20-9)8-1-2-8/h8,19H,1-7H2. The average molecular weight is 291 g/mol. The second-order valence-electron chi connectivity index (χ2n) is 5.63. The highest BCUT2D eigenvalue weighted by Crippen LogP contribution is 2.39. The van der Waals surface area contributed by atoms with Crippen molar-refractivity contribution in [1.29, 1.82) is 0 Å². The van der Waals surface area contributed by atoms with E-state index < -0.39 is 11.8 Å². The van der Waals surface area contributed by atoms with Gasteiger partial charge in [0.2, 0.25) is 5.89 Å². The topological polar surface area (TPSA) is 62.4 Å². The Labute approximate surface area is 113 Å². The second-order valence-corrected chi connectivity index (χ2v) is 5.63. The summed E-state index contributed by atoms with van der Waals surface area (Å²) in [7, 11) is 0. The van der Waals surface area contributed by atoms with Crippen LogP contribution in [0.5, 0.6) is 0 Å². The predicted molar refractivity (Wildman–Crippen MR) is 61.8 cm³/mol. The summed E-state index contributed by atoms with van der Waals surface area (Å²) >= 11 is 0. The number of halogens is 3. The first-order valence-corrected chi connectivity index (χ1v) is 6.71. The highest BCUT2D eigenvalue weighted by atomic mass is 19.4. The van der Waals surface area contributed by atoms with Gasteiger partial charge in [-0.05, 0) is 25.7 Å². The van der Waals surface area contributed by atoms with Crippen molar-refractivity contribution in [2.45, 2.75) is 49.9 Å². The number of aliphatic hydroxyl groups is 1. The van der Waals surface area contributed by atoms with Crippen molar-refractivity contribution in [1.82, 2.24) is 15.0 Å². The number of hydrogen-bond donors (Lipinski definition) is 1. The Bertz CT molecular complexity index is 477. The van der Waals surface area contributed by atoms with Gasteiger partial charge in [-0.3, -0.25) is 4.90 Å². The van der Waals surface area contributed by atoms with Crippen LogP contribution in [0.1, 0.15) is 43.3 Å². The molecule has 2 aliphatic rings. The molecule has 3 rings (SSSR count). The quantitative estimate of drug-likeness (QED) is 0.920. The van der Waals surface area contributed by atoms with Crippen LogP contribution in [0.2, 0.25) is 0 Å². The molecule has 2 fully saturated rings. The van der Waals surface area contributed by atoms with Crippen LogP contribution in [0.3, 0.4) is 0 Å². The third-order valence-electron chi connectivity index (χ3n) is 4.00. The van der Waals surface area contributed by atoms with Crippen molar-refractivity contribution in [2.24, 2.45) is 0 Å². The van der Waals surface area contributed by atoms with Gasteiger partial charge in [0.15, 0.2) is 11.4 Å². The molecule has 0 aromatic carbocycles. The van der Waals surface area contributed by atoms with E-state index >= 15 is 0 Å². The molecule has 0 radical (unpaired) electrons. The van der Waals surface area contributed by atoms with Crippen molar-refractivity contribution in [3.63, 3.8) is 0 Å². The van der Waals surface area contributed by atoms with E-state index in [2.05, 4.69) is 10.1 Å². The number of aromatic nitrogens is 2. The summed E-state index contributed by atoms with van der Waals surface area (Å²) in [6.45, 7) is 0.669. The van der Waals surface area contributed by atoms with Gasteiger partial charge in [0, 0.05) is 19.0 Å². The minimum atomic E-state index is -4.57. The first-order chi connectivity index (χ1) is 9.37. The maximum absolute atomic E-state index is 12.7. The zero-order valence-corrected chi connectivity index (χ0v) is 10.9. The molecule has 1 aromatic rings. The third-order valence-corrected chi connectivity index (χ3v) is 4.00. The number of nitrogens with zero attached hydrogens (tertiary/aromatic N) is 3. The molecule has 1 saturated heterocycles. The normalized spacial score (nSPS) is 24.0. The molecular weight excluding hydrogens is 275 g/mol. The minimum Gasteiger partial charge on any atom is -0.380 e. The molecule has 0 atom stereocenters. The number of rotatable bonds is 3. The zero-order chi connectivity index (χ0) is 14.4. The van der Waals surface area contributed by atoms with Gasteiger partial charge in [-0.1, -0.05) is 5.16 Å². The first kappa shape index (κ1) is 13.8. The highest BCUT2D eigenvalue weighted by Gasteiger charge is 2.54. The lowest BCUT2D eigenvalue weighted by atomic mass is 9.91. The second kappa shape index (κ2) is 4.70. The van der Waals surface area contributed by atoms with E-state index in [0.29, 0.717) is 24.2 Å². The molecule has 2 heterocycles. The average Bonchev–Trinajstić information content (AvgIpc) is 3.12. The molecule has 0 spiro atoms. The van der Waals surface area contributed by atoms with Crippen molar-refractivity contribution in [3.8, 4) is 0 Å². The van der Waals surface area contributed by atoms with Crippen LogP contribution in [0.25, 0.3) is 0 Å². The first-order valence-electron chi connectivity index (χ1n) is 6.71. The summed E-state index contributed by atoms with van der Waals surface area (Å²) in [6, 6.07) is 0. The number of alkyl halides is 3. The van der Waals surface area contributed by atoms with E-state index in [0.717, 1.165) is 12.8 Å². The molecule has 1 aromatic heterocycles. The lowest BCUT2D eigenvalue weighted by Crippen LogP contribution is -2.53. The molecule has 1 saturated carbocycles. The molecular formula is C12H16F3N3O2. The fraction of sp³-hybridized carbons (Fsp3) is 0.833. The summed E-state index contributed by atoms with van der Waals surface area (Å²) in [6.07, 6.45) is -3.06. The molecule has 1 aliphatic heterocycles. The van der Waals surface area contributed by atoms with Crippen molar-refractivity contribution >= 4 is 0 Å². The molecule has 0 unspecified atom stereocenters. The fourth-order valence-corrected chi connectivity index (χ4v) is 2.40. The van der Waals surface area contributed by atoms with Crippen LogP contribution in [0.4, 0.5) is 13.2 Å². The Morgan fingerprint density at radius 2 is 1.95 bits per heavy atom. The Morgan fingerprint density at radius 3 is 2.50 bits per heavy atom. The van der Waals surface area contributed by atoms with E-state index in [4.69, 9.17) is 4.52 Å². The number of likely N-dealkylation sites (tertiary alicyclic amines) is 1. The molecule has 20 heavy (non-hydrogen) atoms. The van der Waals surface area contributed by atoms with Crippen molar-refractivity contribution in [2.75, 3.05) is 13.1 Å². The van der Waals surface area contributed by atoms with E-state index in [9.17, 15) is 18.3 Å². The van der Waals surface area contributed by atoms with E-state index in [1.807, 2.05) is 0 Å². The highest BCUT2D eigenvalue weighted by molar-refractivity contribution is 5.03. The van der Waals surface area contributed by atoms with Gasteiger partial charge in [0.1, 0.15) is 0 Å².